The van der Waals surface area contributed by atoms with Gasteiger partial charge in [0.2, 0.25) is 11.8 Å². The van der Waals surface area contributed by atoms with Crippen molar-refractivity contribution in [1.82, 2.24) is 10.2 Å². The van der Waals surface area contributed by atoms with Gasteiger partial charge >= 0.3 is 0 Å². The Morgan fingerprint density at radius 1 is 1.22 bits per heavy atom. The maximum Gasteiger partial charge on any atom is 0.222 e. The van der Waals surface area contributed by atoms with Crippen LogP contribution in [0.15, 0.2) is 42.5 Å². The summed E-state index contributed by atoms with van der Waals surface area (Å²) in [6.45, 7) is 2.89. The van der Waals surface area contributed by atoms with Crippen LogP contribution in [0.5, 0.6) is 11.5 Å². The third-order valence-corrected chi connectivity index (χ3v) is 5.95. The van der Waals surface area contributed by atoms with Gasteiger partial charge in [-0.1, -0.05) is 23.8 Å². The minimum atomic E-state index is -0.519. The molecule has 1 fully saturated rings. The number of ether oxygens (including phenoxy) is 2. The molecule has 172 valence electrons. The Hall–Kier alpha value is -3.09. The number of carbonyl (C=O) groups excluding carboxylic acids is 2. The first-order chi connectivity index (χ1) is 15.3. The molecular formula is C25H31FN2O4. The van der Waals surface area contributed by atoms with E-state index in [0.717, 1.165) is 16.9 Å². The lowest BCUT2D eigenvalue weighted by molar-refractivity contribution is -0.131. The van der Waals surface area contributed by atoms with Crippen molar-refractivity contribution in [1.29, 1.82) is 0 Å². The first-order valence-electron chi connectivity index (χ1n) is 10.9. The summed E-state index contributed by atoms with van der Waals surface area (Å²) in [6.07, 6.45) is 2.40. The fourth-order valence-electron chi connectivity index (χ4n) is 3.98. The highest BCUT2D eigenvalue weighted by Crippen LogP contribution is 2.31. The van der Waals surface area contributed by atoms with Gasteiger partial charge in [0.05, 0.1) is 13.7 Å². The Bertz CT molecular complexity index is 947. The molecule has 1 atom stereocenters. The summed E-state index contributed by atoms with van der Waals surface area (Å²) >= 11 is 0. The van der Waals surface area contributed by atoms with Gasteiger partial charge in [-0.15, -0.1) is 0 Å². The van der Waals surface area contributed by atoms with Crippen LogP contribution in [0, 0.1) is 12.7 Å². The monoisotopic (exact) mass is 442 g/mol. The number of likely N-dealkylation sites (N-methyl/N-ethyl adjacent to an activating group) is 1. The molecule has 1 saturated heterocycles. The van der Waals surface area contributed by atoms with Crippen LogP contribution in [0.3, 0.4) is 0 Å². The van der Waals surface area contributed by atoms with Crippen LogP contribution >= 0.6 is 0 Å². The molecule has 1 aliphatic rings. The summed E-state index contributed by atoms with van der Waals surface area (Å²) in [6, 6.07) is 12.5. The SMILES string of the molecule is COc1cc(CC2(CCC(=O)N(C)CCOc3ccc(C)cc3)CCC(=O)N2)ccc1F. The number of hydrogen-bond acceptors (Lipinski definition) is 4. The van der Waals surface area contributed by atoms with E-state index in [-0.39, 0.29) is 17.6 Å². The molecular weight excluding hydrogens is 411 g/mol. The summed E-state index contributed by atoms with van der Waals surface area (Å²) in [4.78, 5) is 26.3. The lowest BCUT2D eigenvalue weighted by atomic mass is 9.84. The van der Waals surface area contributed by atoms with E-state index in [0.29, 0.717) is 45.3 Å². The number of halogens is 1. The van der Waals surface area contributed by atoms with E-state index in [2.05, 4.69) is 5.32 Å². The molecule has 0 aliphatic carbocycles. The number of hydrogen-bond donors (Lipinski definition) is 1. The molecule has 32 heavy (non-hydrogen) atoms. The second-order valence-corrected chi connectivity index (χ2v) is 8.45. The zero-order valence-corrected chi connectivity index (χ0v) is 18.9. The lowest BCUT2D eigenvalue weighted by Crippen LogP contribution is -2.44. The molecule has 2 aromatic rings. The number of carbonyl (C=O) groups is 2. The molecule has 1 aliphatic heterocycles. The first-order valence-corrected chi connectivity index (χ1v) is 10.9. The van der Waals surface area contributed by atoms with Gasteiger partial charge in [-0.25, -0.2) is 4.39 Å². The molecule has 2 amide bonds. The molecule has 0 spiro atoms. The number of nitrogens with zero attached hydrogens (tertiary/aromatic N) is 1. The van der Waals surface area contributed by atoms with E-state index in [1.807, 2.05) is 31.2 Å². The Labute approximate surface area is 188 Å². The predicted octanol–water partition coefficient (Wildman–Crippen LogP) is 3.65. The van der Waals surface area contributed by atoms with Crippen LogP contribution in [-0.4, -0.2) is 49.6 Å². The molecule has 6 nitrogen and oxygen atoms in total. The van der Waals surface area contributed by atoms with E-state index in [1.165, 1.54) is 13.2 Å². The number of amides is 2. The molecule has 1 N–H and O–H groups in total. The Morgan fingerprint density at radius 2 is 1.97 bits per heavy atom. The van der Waals surface area contributed by atoms with Crippen LogP contribution in [-0.2, 0) is 16.0 Å². The second-order valence-electron chi connectivity index (χ2n) is 8.45. The highest BCUT2D eigenvalue weighted by atomic mass is 19.1. The summed E-state index contributed by atoms with van der Waals surface area (Å²) < 4.78 is 24.5. The highest BCUT2D eigenvalue weighted by Gasteiger charge is 2.38. The van der Waals surface area contributed by atoms with Gasteiger partial charge in [0.15, 0.2) is 11.6 Å². The normalized spacial score (nSPS) is 17.7. The van der Waals surface area contributed by atoms with Crippen LogP contribution in [0.1, 0.15) is 36.8 Å². The predicted molar refractivity (Wildman–Crippen MR) is 120 cm³/mol. The Kier molecular flexibility index (Phi) is 7.72. The average Bonchev–Trinajstić information content (AvgIpc) is 3.15. The number of nitrogens with one attached hydrogen (secondary N) is 1. The van der Waals surface area contributed by atoms with Gasteiger partial charge in [-0.05, 0) is 56.0 Å². The molecule has 0 bridgehead atoms. The summed E-state index contributed by atoms with van der Waals surface area (Å²) in [7, 11) is 3.18. The van der Waals surface area contributed by atoms with E-state index in [1.54, 1.807) is 24.1 Å². The van der Waals surface area contributed by atoms with Crippen LogP contribution < -0.4 is 14.8 Å². The van der Waals surface area contributed by atoms with Gasteiger partial charge in [0, 0.05) is 25.4 Å². The average molecular weight is 443 g/mol. The fourth-order valence-corrected chi connectivity index (χ4v) is 3.98. The van der Waals surface area contributed by atoms with E-state index in [4.69, 9.17) is 9.47 Å². The number of aryl methyl sites for hydroxylation is 1. The smallest absolute Gasteiger partial charge is 0.222 e. The van der Waals surface area contributed by atoms with Crippen molar-refractivity contribution in [3.63, 3.8) is 0 Å². The zero-order chi connectivity index (χ0) is 23.1. The minimum absolute atomic E-state index is 0.00489. The highest BCUT2D eigenvalue weighted by molar-refractivity contribution is 5.80. The van der Waals surface area contributed by atoms with E-state index < -0.39 is 11.4 Å². The Morgan fingerprint density at radius 3 is 2.62 bits per heavy atom. The third kappa shape index (κ3) is 6.22. The molecule has 0 aromatic heterocycles. The summed E-state index contributed by atoms with van der Waals surface area (Å²) in [5.41, 5.74) is 1.50. The maximum absolute atomic E-state index is 13.8. The molecule has 1 heterocycles. The number of rotatable bonds is 10. The van der Waals surface area contributed by atoms with Crippen LogP contribution in [0.25, 0.3) is 0 Å². The van der Waals surface area contributed by atoms with Crippen molar-refractivity contribution >= 4 is 11.8 Å². The third-order valence-electron chi connectivity index (χ3n) is 5.95. The second kappa shape index (κ2) is 10.5. The van der Waals surface area contributed by atoms with Crippen molar-refractivity contribution < 1.29 is 23.5 Å². The molecule has 2 aromatic carbocycles. The maximum atomic E-state index is 13.8. The van der Waals surface area contributed by atoms with Gasteiger partial charge in [0.1, 0.15) is 12.4 Å². The Balaban J connectivity index is 1.54. The standard InChI is InChI=1S/C25H31FN2O4/c1-18-4-7-20(8-5-18)32-15-14-28(2)24(30)11-13-25(12-10-23(29)27-25)17-19-6-9-21(26)22(16-19)31-3/h4-9,16H,10-15,17H2,1-3H3,(H,27,29). The summed E-state index contributed by atoms with van der Waals surface area (Å²) in [5, 5.41) is 3.06. The molecule has 7 heteroatoms. The van der Waals surface area contributed by atoms with E-state index >= 15 is 0 Å². The molecule has 0 radical (unpaired) electrons. The number of methoxy groups -OCH3 is 1. The molecule has 3 rings (SSSR count). The quantitative estimate of drug-likeness (QED) is 0.610. The molecule has 0 saturated carbocycles. The van der Waals surface area contributed by atoms with Crippen molar-refractivity contribution in [2.45, 2.75) is 44.6 Å². The molecule has 1 unspecified atom stereocenters. The lowest BCUT2D eigenvalue weighted by Gasteiger charge is -2.30. The summed E-state index contributed by atoms with van der Waals surface area (Å²) in [5.74, 6) is 0.497. The minimum Gasteiger partial charge on any atom is -0.494 e. The van der Waals surface area contributed by atoms with Gasteiger partial charge < -0.3 is 19.7 Å². The van der Waals surface area contributed by atoms with E-state index in [9.17, 15) is 14.0 Å². The van der Waals surface area contributed by atoms with Gasteiger partial charge in [0.25, 0.3) is 0 Å². The van der Waals surface area contributed by atoms with Gasteiger partial charge in [-0.3, -0.25) is 9.59 Å². The van der Waals surface area contributed by atoms with Crippen molar-refractivity contribution in [2.75, 3.05) is 27.3 Å². The zero-order valence-electron chi connectivity index (χ0n) is 18.9. The van der Waals surface area contributed by atoms with Crippen molar-refractivity contribution in [3.8, 4) is 11.5 Å². The number of benzene rings is 2. The topological polar surface area (TPSA) is 67.9 Å². The van der Waals surface area contributed by atoms with Crippen LogP contribution in [0.2, 0.25) is 0 Å². The van der Waals surface area contributed by atoms with Gasteiger partial charge in [-0.2, -0.15) is 0 Å². The van der Waals surface area contributed by atoms with Crippen LogP contribution in [0.4, 0.5) is 4.39 Å². The largest absolute Gasteiger partial charge is 0.494 e. The van der Waals surface area contributed by atoms with Crippen molar-refractivity contribution in [3.05, 3.63) is 59.4 Å². The van der Waals surface area contributed by atoms with Crippen molar-refractivity contribution in [2.24, 2.45) is 0 Å². The first kappa shape index (κ1) is 23.6. The fraction of sp³-hybridized carbons (Fsp3) is 0.440.